The van der Waals surface area contributed by atoms with Crippen molar-refractivity contribution in [2.75, 3.05) is 24.5 Å². The van der Waals surface area contributed by atoms with Crippen molar-refractivity contribution in [3.05, 3.63) is 46.9 Å². The quantitative estimate of drug-likeness (QED) is 0.857. The molecule has 1 N–H and O–H groups in total. The summed E-state index contributed by atoms with van der Waals surface area (Å²) in [5.74, 6) is 1.30. The van der Waals surface area contributed by atoms with Crippen LogP contribution in [0.5, 0.6) is 0 Å². The summed E-state index contributed by atoms with van der Waals surface area (Å²) in [4.78, 5) is 22.6. The molecule has 1 amide bonds. The van der Waals surface area contributed by atoms with E-state index in [9.17, 15) is 4.79 Å². The fourth-order valence-corrected chi connectivity index (χ4v) is 3.27. The van der Waals surface area contributed by atoms with Crippen molar-refractivity contribution in [1.29, 1.82) is 0 Å². The highest BCUT2D eigenvalue weighted by Crippen LogP contribution is 2.19. The predicted molar refractivity (Wildman–Crippen MR) is 93.3 cm³/mol. The van der Waals surface area contributed by atoms with Gasteiger partial charge >= 0.3 is 0 Å². The van der Waals surface area contributed by atoms with Gasteiger partial charge in [-0.05, 0) is 53.3 Å². The first-order valence-corrected chi connectivity index (χ1v) is 8.75. The maximum Gasteiger partial charge on any atom is 0.244 e. The van der Waals surface area contributed by atoms with E-state index in [2.05, 4.69) is 20.2 Å². The molecule has 3 heterocycles. The molecule has 5 nitrogen and oxygen atoms in total. The van der Waals surface area contributed by atoms with Gasteiger partial charge in [-0.15, -0.1) is 0 Å². The average molecular weight is 328 g/mol. The van der Waals surface area contributed by atoms with E-state index in [1.54, 1.807) is 29.8 Å². The summed E-state index contributed by atoms with van der Waals surface area (Å²) < 4.78 is 0. The lowest BCUT2D eigenvalue weighted by Gasteiger charge is -2.31. The molecule has 2 aromatic rings. The Balaban J connectivity index is 1.40. The summed E-state index contributed by atoms with van der Waals surface area (Å²) in [5.41, 5.74) is 1.07. The van der Waals surface area contributed by atoms with E-state index in [0.29, 0.717) is 5.92 Å². The molecule has 3 rings (SSSR count). The van der Waals surface area contributed by atoms with Crippen LogP contribution in [0, 0.1) is 5.92 Å². The van der Waals surface area contributed by atoms with Gasteiger partial charge in [-0.25, -0.2) is 9.97 Å². The number of thiophene rings is 1. The summed E-state index contributed by atoms with van der Waals surface area (Å²) in [6, 6.07) is 3.82. The van der Waals surface area contributed by atoms with E-state index >= 15 is 0 Å². The van der Waals surface area contributed by atoms with Crippen molar-refractivity contribution >= 4 is 29.3 Å². The fraction of sp³-hybridized carbons (Fsp3) is 0.353. The van der Waals surface area contributed by atoms with Crippen molar-refractivity contribution in [3.63, 3.8) is 0 Å². The summed E-state index contributed by atoms with van der Waals surface area (Å²) in [6.45, 7) is 2.61. The Kier molecular flexibility index (Phi) is 5.37. The second kappa shape index (κ2) is 7.87. The van der Waals surface area contributed by atoms with E-state index in [0.717, 1.165) is 44.0 Å². The van der Waals surface area contributed by atoms with Crippen LogP contribution in [-0.2, 0) is 4.79 Å². The van der Waals surface area contributed by atoms with Crippen molar-refractivity contribution in [1.82, 2.24) is 15.3 Å². The topological polar surface area (TPSA) is 58.1 Å². The standard InChI is InChI=1S/C17H20N4OS/c22-16(3-2-15-6-11-23-13-15)20-12-14-4-9-21(10-5-14)17-18-7-1-8-19-17/h1-3,6-8,11,13-14H,4-5,9-10,12H2,(H,20,22)/b3-2+. The lowest BCUT2D eigenvalue weighted by molar-refractivity contribution is -0.116. The fourth-order valence-electron chi connectivity index (χ4n) is 2.64. The first-order valence-electron chi connectivity index (χ1n) is 7.81. The van der Waals surface area contributed by atoms with Crippen LogP contribution < -0.4 is 10.2 Å². The maximum absolute atomic E-state index is 11.8. The molecule has 0 bridgehead atoms. The molecule has 2 aromatic heterocycles. The van der Waals surface area contributed by atoms with Crippen LogP contribution in [-0.4, -0.2) is 35.5 Å². The molecule has 1 fully saturated rings. The van der Waals surface area contributed by atoms with Crippen LogP contribution in [0.4, 0.5) is 5.95 Å². The van der Waals surface area contributed by atoms with E-state index < -0.39 is 0 Å². The van der Waals surface area contributed by atoms with E-state index in [4.69, 9.17) is 0 Å². The molecule has 0 atom stereocenters. The van der Waals surface area contributed by atoms with Crippen LogP contribution in [0.1, 0.15) is 18.4 Å². The van der Waals surface area contributed by atoms with Gasteiger partial charge in [-0.2, -0.15) is 11.3 Å². The van der Waals surface area contributed by atoms with Crippen LogP contribution in [0.15, 0.2) is 41.4 Å². The molecular weight excluding hydrogens is 308 g/mol. The minimum Gasteiger partial charge on any atom is -0.352 e. The average Bonchev–Trinajstić information content (AvgIpc) is 3.13. The summed E-state index contributed by atoms with van der Waals surface area (Å²) in [6.07, 6.45) is 9.10. The highest BCUT2D eigenvalue weighted by molar-refractivity contribution is 7.08. The van der Waals surface area contributed by atoms with Gasteiger partial charge in [0.05, 0.1) is 0 Å². The Morgan fingerprint density at radius 1 is 1.35 bits per heavy atom. The van der Waals surface area contributed by atoms with Gasteiger partial charge < -0.3 is 10.2 Å². The largest absolute Gasteiger partial charge is 0.352 e. The molecular formula is C17H20N4OS. The Labute approximate surface area is 140 Å². The lowest BCUT2D eigenvalue weighted by Crippen LogP contribution is -2.39. The van der Waals surface area contributed by atoms with Gasteiger partial charge in [-0.1, -0.05) is 0 Å². The molecule has 0 spiro atoms. The molecule has 0 aliphatic carbocycles. The lowest BCUT2D eigenvalue weighted by atomic mass is 9.97. The minimum atomic E-state index is -0.0231. The number of nitrogens with zero attached hydrogens (tertiary/aromatic N) is 3. The maximum atomic E-state index is 11.8. The summed E-state index contributed by atoms with van der Waals surface area (Å²) in [7, 11) is 0. The molecule has 1 saturated heterocycles. The molecule has 120 valence electrons. The molecule has 23 heavy (non-hydrogen) atoms. The van der Waals surface area contributed by atoms with Gasteiger partial charge in [0.1, 0.15) is 0 Å². The highest BCUT2D eigenvalue weighted by atomic mass is 32.1. The number of hydrogen-bond acceptors (Lipinski definition) is 5. The smallest absolute Gasteiger partial charge is 0.244 e. The van der Waals surface area contributed by atoms with E-state index in [1.165, 1.54) is 0 Å². The van der Waals surface area contributed by atoms with Gasteiger partial charge in [0, 0.05) is 38.1 Å². The molecule has 0 unspecified atom stereocenters. The van der Waals surface area contributed by atoms with E-state index in [-0.39, 0.29) is 5.91 Å². The van der Waals surface area contributed by atoms with E-state index in [1.807, 2.05) is 29.0 Å². The Bertz CT molecular complexity index is 634. The predicted octanol–water partition coefficient (Wildman–Crippen LogP) is 2.58. The zero-order valence-electron chi connectivity index (χ0n) is 12.9. The number of amides is 1. The SMILES string of the molecule is O=C(/C=C/c1ccsc1)NCC1CCN(c2ncccn2)CC1. The van der Waals surface area contributed by atoms with Crippen LogP contribution >= 0.6 is 11.3 Å². The molecule has 0 aromatic carbocycles. The number of aromatic nitrogens is 2. The number of carbonyl (C=O) groups excluding carboxylic acids is 1. The number of anilines is 1. The summed E-state index contributed by atoms with van der Waals surface area (Å²) in [5, 5.41) is 7.02. The Morgan fingerprint density at radius 3 is 2.83 bits per heavy atom. The van der Waals surface area contributed by atoms with Crippen molar-refractivity contribution in [3.8, 4) is 0 Å². The number of carbonyl (C=O) groups is 1. The minimum absolute atomic E-state index is 0.0231. The normalized spacial score (nSPS) is 15.9. The summed E-state index contributed by atoms with van der Waals surface area (Å²) >= 11 is 1.63. The van der Waals surface area contributed by atoms with Crippen molar-refractivity contribution in [2.24, 2.45) is 5.92 Å². The van der Waals surface area contributed by atoms with Crippen LogP contribution in [0.2, 0.25) is 0 Å². The van der Waals surface area contributed by atoms with Crippen molar-refractivity contribution in [2.45, 2.75) is 12.8 Å². The monoisotopic (exact) mass is 328 g/mol. The third kappa shape index (κ3) is 4.63. The van der Waals surface area contributed by atoms with Gasteiger partial charge in [-0.3, -0.25) is 4.79 Å². The molecule has 0 radical (unpaired) electrons. The van der Waals surface area contributed by atoms with Crippen LogP contribution in [0.25, 0.3) is 6.08 Å². The van der Waals surface area contributed by atoms with Gasteiger partial charge in [0.25, 0.3) is 0 Å². The zero-order chi connectivity index (χ0) is 15.9. The molecule has 1 aliphatic rings. The molecule has 1 aliphatic heterocycles. The third-order valence-corrected chi connectivity index (χ3v) is 4.69. The Hall–Kier alpha value is -2.21. The Morgan fingerprint density at radius 2 is 2.13 bits per heavy atom. The van der Waals surface area contributed by atoms with Gasteiger partial charge in [0.15, 0.2) is 0 Å². The van der Waals surface area contributed by atoms with Crippen LogP contribution in [0.3, 0.4) is 0 Å². The van der Waals surface area contributed by atoms with Crippen molar-refractivity contribution < 1.29 is 4.79 Å². The zero-order valence-corrected chi connectivity index (χ0v) is 13.7. The number of piperidine rings is 1. The number of hydrogen-bond donors (Lipinski definition) is 1. The van der Waals surface area contributed by atoms with Gasteiger partial charge in [0.2, 0.25) is 11.9 Å². The molecule has 6 heteroatoms. The second-order valence-electron chi connectivity index (χ2n) is 5.61. The molecule has 0 saturated carbocycles. The highest BCUT2D eigenvalue weighted by Gasteiger charge is 2.20. The first-order chi connectivity index (χ1) is 11.3. The second-order valence-corrected chi connectivity index (χ2v) is 6.39. The third-order valence-electron chi connectivity index (χ3n) is 3.98. The number of rotatable bonds is 5. The number of nitrogens with one attached hydrogen (secondary N) is 1. The first kappa shape index (κ1) is 15.7.